The van der Waals surface area contributed by atoms with Crippen molar-refractivity contribution in [2.75, 3.05) is 26.2 Å². The molecule has 0 radical (unpaired) electrons. The van der Waals surface area contributed by atoms with Crippen molar-refractivity contribution in [2.45, 2.75) is 13.0 Å². The first-order chi connectivity index (χ1) is 14.3. The van der Waals surface area contributed by atoms with Gasteiger partial charge in [0.1, 0.15) is 5.76 Å². The zero-order chi connectivity index (χ0) is 19.6. The highest BCUT2D eigenvalue weighted by Gasteiger charge is 2.33. The molecule has 5 rings (SSSR count). The summed E-state index contributed by atoms with van der Waals surface area (Å²) in [5, 5.41) is 6.85. The van der Waals surface area contributed by atoms with Crippen LogP contribution < -0.4 is 0 Å². The number of furan rings is 1. The second-order valence-corrected chi connectivity index (χ2v) is 7.72. The van der Waals surface area contributed by atoms with Gasteiger partial charge in [-0.05, 0) is 53.0 Å². The van der Waals surface area contributed by atoms with Gasteiger partial charge in [-0.15, -0.1) is 0 Å². The molecule has 1 saturated heterocycles. The van der Waals surface area contributed by atoms with Crippen LogP contribution in [-0.4, -0.2) is 42.3 Å². The summed E-state index contributed by atoms with van der Waals surface area (Å²) in [6.07, 6.45) is 5.62. The van der Waals surface area contributed by atoms with Crippen molar-refractivity contribution in [1.82, 2.24) is 9.91 Å². The molecule has 0 atom stereocenters. The maximum absolute atomic E-state index is 5.37. The molecule has 146 valence electrons. The number of nitrogens with zero attached hydrogens (tertiary/aromatic N) is 3. The molecule has 1 aliphatic heterocycles. The molecule has 0 spiro atoms. The lowest BCUT2D eigenvalue weighted by Gasteiger charge is -2.37. The standard InChI is InChI=1S/C25H25N3O/c1-19(17-20-7-6-16-29-20)18-26-28-14-12-27(13-15-28)25-23-10-4-2-8-21(23)22-9-3-5-11-24(22)25/h2-11,16-18,25H,12-15H2,1H3/b19-17+,26-18?. The molecule has 4 nitrogen and oxygen atoms in total. The summed E-state index contributed by atoms with van der Waals surface area (Å²) in [6.45, 7) is 5.93. The third-order valence-electron chi connectivity index (χ3n) is 5.79. The molecule has 2 heterocycles. The van der Waals surface area contributed by atoms with E-state index in [1.165, 1.54) is 22.3 Å². The Hall–Kier alpha value is -3.11. The Balaban J connectivity index is 1.28. The largest absolute Gasteiger partial charge is 0.465 e. The van der Waals surface area contributed by atoms with Crippen LogP contribution in [0, 0.1) is 0 Å². The van der Waals surface area contributed by atoms with E-state index in [-0.39, 0.29) is 0 Å². The third kappa shape index (κ3) is 3.52. The van der Waals surface area contributed by atoms with Gasteiger partial charge in [0.05, 0.1) is 18.5 Å². The first kappa shape index (κ1) is 18.0. The van der Waals surface area contributed by atoms with Gasteiger partial charge < -0.3 is 4.42 Å². The lowest BCUT2D eigenvalue weighted by molar-refractivity contribution is 0.114. The summed E-state index contributed by atoms with van der Waals surface area (Å²) in [5.41, 5.74) is 6.71. The van der Waals surface area contributed by atoms with Gasteiger partial charge in [-0.2, -0.15) is 5.10 Å². The molecule has 1 aromatic heterocycles. The van der Waals surface area contributed by atoms with Crippen LogP contribution in [0.3, 0.4) is 0 Å². The Bertz CT molecular complexity index is 998. The third-order valence-corrected chi connectivity index (χ3v) is 5.79. The minimum atomic E-state index is 0.356. The molecule has 0 saturated carbocycles. The second kappa shape index (κ2) is 7.72. The van der Waals surface area contributed by atoms with Gasteiger partial charge in [-0.25, -0.2) is 0 Å². The van der Waals surface area contributed by atoms with E-state index in [1.807, 2.05) is 24.4 Å². The van der Waals surface area contributed by atoms with Crippen LogP contribution in [0.15, 0.2) is 82.0 Å². The molecule has 0 amide bonds. The molecule has 2 aliphatic rings. The number of rotatable bonds is 4. The molecular weight excluding hydrogens is 358 g/mol. The van der Waals surface area contributed by atoms with Gasteiger partial charge in [0.15, 0.2) is 0 Å². The van der Waals surface area contributed by atoms with Crippen LogP contribution in [0.2, 0.25) is 0 Å². The summed E-state index contributed by atoms with van der Waals surface area (Å²) in [5.74, 6) is 0.859. The van der Waals surface area contributed by atoms with E-state index in [0.29, 0.717) is 6.04 Å². The SMILES string of the molecule is C/C(C=NN1CCN(C2c3ccccc3-c3ccccc32)CC1)=C\c1ccco1. The van der Waals surface area contributed by atoms with E-state index in [9.17, 15) is 0 Å². The predicted octanol–water partition coefficient (Wildman–Crippen LogP) is 5.06. The highest BCUT2D eigenvalue weighted by atomic mass is 16.3. The Morgan fingerprint density at radius 2 is 1.55 bits per heavy atom. The molecule has 0 bridgehead atoms. The summed E-state index contributed by atoms with van der Waals surface area (Å²) < 4.78 is 5.37. The van der Waals surface area contributed by atoms with Crippen LogP contribution in [0.25, 0.3) is 17.2 Å². The smallest absolute Gasteiger partial charge is 0.126 e. The Kier molecular flexibility index (Phi) is 4.78. The fraction of sp³-hybridized carbons (Fsp3) is 0.240. The summed E-state index contributed by atoms with van der Waals surface area (Å²) in [4.78, 5) is 2.60. The van der Waals surface area contributed by atoms with Gasteiger partial charge in [0.25, 0.3) is 0 Å². The molecule has 0 unspecified atom stereocenters. The quantitative estimate of drug-likeness (QED) is 0.591. The number of fused-ring (bicyclic) bond motifs is 3. The van der Waals surface area contributed by atoms with Gasteiger partial charge in [0.2, 0.25) is 0 Å². The van der Waals surface area contributed by atoms with Crippen LogP contribution in [-0.2, 0) is 0 Å². The van der Waals surface area contributed by atoms with Crippen molar-refractivity contribution in [1.29, 1.82) is 0 Å². The van der Waals surface area contributed by atoms with E-state index in [4.69, 9.17) is 4.42 Å². The summed E-state index contributed by atoms with van der Waals surface area (Å²) in [7, 11) is 0. The minimum Gasteiger partial charge on any atom is -0.465 e. The van der Waals surface area contributed by atoms with Crippen LogP contribution >= 0.6 is 0 Å². The van der Waals surface area contributed by atoms with E-state index in [2.05, 4.69) is 70.5 Å². The number of benzene rings is 2. The number of piperazine rings is 1. The molecule has 1 aliphatic carbocycles. The molecule has 2 aromatic carbocycles. The van der Waals surface area contributed by atoms with E-state index in [1.54, 1.807) is 6.26 Å². The maximum atomic E-state index is 5.37. The number of hydrazone groups is 1. The molecular formula is C25H25N3O. The second-order valence-electron chi connectivity index (χ2n) is 7.72. The summed E-state index contributed by atoms with van der Waals surface area (Å²) >= 11 is 0. The average Bonchev–Trinajstić information content (AvgIpc) is 3.38. The van der Waals surface area contributed by atoms with Gasteiger partial charge in [0, 0.05) is 26.2 Å². The van der Waals surface area contributed by atoms with Crippen molar-refractivity contribution in [2.24, 2.45) is 5.10 Å². The first-order valence-electron chi connectivity index (χ1n) is 10.2. The van der Waals surface area contributed by atoms with Crippen molar-refractivity contribution < 1.29 is 4.42 Å². The fourth-order valence-corrected chi connectivity index (χ4v) is 4.42. The lowest BCUT2D eigenvalue weighted by atomic mass is 10.0. The van der Waals surface area contributed by atoms with Crippen molar-refractivity contribution in [3.05, 3.63) is 89.4 Å². The van der Waals surface area contributed by atoms with Gasteiger partial charge in [-0.1, -0.05) is 48.5 Å². The average molecular weight is 383 g/mol. The Morgan fingerprint density at radius 1 is 0.897 bits per heavy atom. The lowest BCUT2D eigenvalue weighted by Crippen LogP contribution is -2.45. The molecule has 0 N–H and O–H groups in total. The number of allylic oxidation sites excluding steroid dienone is 1. The van der Waals surface area contributed by atoms with Crippen molar-refractivity contribution in [3.8, 4) is 11.1 Å². The van der Waals surface area contributed by atoms with Crippen LogP contribution in [0.1, 0.15) is 29.9 Å². The number of hydrogen-bond acceptors (Lipinski definition) is 4. The minimum absolute atomic E-state index is 0.356. The normalized spacial score (nSPS) is 17.7. The molecule has 3 aromatic rings. The molecule has 4 heteroatoms. The Labute approximate surface area is 171 Å². The predicted molar refractivity (Wildman–Crippen MR) is 118 cm³/mol. The van der Waals surface area contributed by atoms with E-state index in [0.717, 1.165) is 37.5 Å². The molecule has 1 fully saturated rings. The van der Waals surface area contributed by atoms with Crippen molar-refractivity contribution >= 4 is 12.3 Å². The topological polar surface area (TPSA) is 32.0 Å². The van der Waals surface area contributed by atoms with Gasteiger partial charge in [-0.3, -0.25) is 9.91 Å². The highest BCUT2D eigenvalue weighted by molar-refractivity contribution is 5.84. The Morgan fingerprint density at radius 3 is 2.17 bits per heavy atom. The summed E-state index contributed by atoms with van der Waals surface area (Å²) in [6, 6.07) is 21.9. The fourth-order valence-electron chi connectivity index (χ4n) is 4.42. The van der Waals surface area contributed by atoms with E-state index >= 15 is 0 Å². The molecule has 29 heavy (non-hydrogen) atoms. The highest BCUT2D eigenvalue weighted by Crippen LogP contribution is 2.46. The van der Waals surface area contributed by atoms with Crippen LogP contribution in [0.4, 0.5) is 0 Å². The number of hydrogen-bond donors (Lipinski definition) is 0. The first-order valence-corrected chi connectivity index (χ1v) is 10.2. The zero-order valence-corrected chi connectivity index (χ0v) is 16.7. The monoisotopic (exact) mass is 383 g/mol. The zero-order valence-electron chi connectivity index (χ0n) is 16.7. The van der Waals surface area contributed by atoms with Gasteiger partial charge >= 0.3 is 0 Å². The van der Waals surface area contributed by atoms with Crippen LogP contribution in [0.5, 0.6) is 0 Å². The van der Waals surface area contributed by atoms with E-state index < -0.39 is 0 Å². The maximum Gasteiger partial charge on any atom is 0.126 e. The van der Waals surface area contributed by atoms with Crippen molar-refractivity contribution in [3.63, 3.8) is 0 Å².